The molecule has 3 radical (unpaired) electrons. The van der Waals surface area contributed by atoms with Gasteiger partial charge in [-0.3, -0.25) is 9.59 Å². The predicted molar refractivity (Wildman–Crippen MR) is 142 cm³/mol. The van der Waals surface area contributed by atoms with Crippen molar-refractivity contribution < 1.29 is 14.3 Å². The zero-order valence-electron chi connectivity index (χ0n) is 21.1. The number of carbonyl (C=O) groups is 2. The van der Waals surface area contributed by atoms with Gasteiger partial charge in [-0.2, -0.15) is 0 Å². The van der Waals surface area contributed by atoms with Crippen molar-refractivity contribution in [3.63, 3.8) is 0 Å². The fourth-order valence-electron chi connectivity index (χ4n) is 4.95. The fourth-order valence-corrected chi connectivity index (χ4v) is 4.95. The van der Waals surface area contributed by atoms with Crippen molar-refractivity contribution in [2.45, 2.75) is 64.8 Å². The molecule has 1 aromatic heterocycles. The topological polar surface area (TPSA) is 80.3 Å². The number of anilines is 1. The van der Waals surface area contributed by atoms with Crippen LogP contribution in [0.4, 0.5) is 5.82 Å². The standard InChI is InChI=1S/C29H31N3O3.B/c1-17(2)20-12-18(3)13-22(14-20)29(34)31-23-6-4-19-5-7-24(16-21(19)15-23)35-26-10-11-30-28-25(26)8-9-27(33)32-28;/h5,7,10-14,16-17,23H,4,6,8-9,15H2,1-3H3,(H,31,34)(H,30,32,33);/t23-;/m1./s1. The number of pyridine rings is 1. The average molecular weight is 480 g/mol. The molecule has 0 spiro atoms. The fraction of sp³-hybridized carbons (Fsp3) is 0.345. The van der Waals surface area contributed by atoms with Gasteiger partial charge >= 0.3 is 0 Å². The molecule has 0 bridgehead atoms. The van der Waals surface area contributed by atoms with Gasteiger partial charge in [0.1, 0.15) is 17.3 Å². The number of carbonyl (C=O) groups excluding carboxylic acids is 2. The Hall–Kier alpha value is -3.61. The van der Waals surface area contributed by atoms with Gasteiger partial charge in [0.2, 0.25) is 5.91 Å². The summed E-state index contributed by atoms with van der Waals surface area (Å²) in [6.07, 6.45) is 5.30. The Morgan fingerprint density at radius 3 is 2.72 bits per heavy atom. The Labute approximate surface area is 214 Å². The number of hydrogen-bond donors (Lipinski definition) is 2. The molecule has 1 aliphatic carbocycles. The van der Waals surface area contributed by atoms with Crippen molar-refractivity contribution in [1.29, 1.82) is 0 Å². The molecule has 0 saturated heterocycles. The summed E-state index contributed by atoms with van der Waals surface area (Å²) in [5, 5.41) is 6.07. The van der Waals surface area contributed by atoms with E-state index in [-0.39, 0.29) is 26.3 Å². The van der Waals surface area contributed by atoms with Crippen molar-refractivity contribution in [3.05, 3.63) is 82.0 Å². The lowest BCUT2D eigenvalue weighted by Crippen LogP contribution is -2.38. The first-order chi connectivity index (χ1) is 16.9. The summed E-state index contributed by atoms with van der Waals surface area (Å²) in [4.78, 5) is 29.0. The van der Waals surface area contributed by atoms with Crippen LogP contribution in [0.3, 0.4) is 0 Å². The summed E-state index contributed by atoms with van der Waals surface area (Å²) in [5.41, 5.74) is 6.44. The summed E-state index contributed by atoms with van der Waals surface area (Å²) in [6, 6.07) is 14.2. The van der Waals surface area contributed by atoms with E-state index in [4.69, 9.17) is 4.74 Å². The number of nitrogens with zero attached hydrogens (tertiary/aromatic N) is 1. The van der Waals surface area contributed by atoms with Crippen molar-refractivity contribution in [3.8, 4) is 11.5 Å². The van der Waals surface area contributed by atoms with E-state index in [9.17, 15) is 9.59 Å². The molecule has 2 aliphatic rings. The third-order valence-electron chi connectivity index (χ3n) is 6.87. The Kier molecular flexibility index (Phi) is 7.48. The monoisotopic (exact) mass is 480 g/mol. The zero-order chi connectivity index (χ0) is 24.5. The molecule has 2 N–H and O–H groups in total. The van der Waals surface area contributed by atoms with Crippen LogP contribution in [0.5, 0.6) is 11.5 Å². The maximum absolute atomic E-state index is 13.0. The van der Waals surface area contributed by atoms with Gasteiger partial charge < -0.3 is 15.4 Å². The highest BCUT2D eigenvalue weighted by atomic mass is 16.5. The quantitative estimate of drug-likeness (QED) is 0.499. The molecule has 1 aliphatic heterocycles. The van der Waals surface area contributed by atoms with Crippen LogP contribution in [-0.2, 0) is 24.1 Å². The largest absolute Gasteiger partial charge is 0.457 e. The second-order valence-corrected chi connectivity index (χ2v) is 9.92. The number of ether oxygens (including phenoxy) is 1. The van der Waals surface area contributed by atoms with Crippen molar-refractivity contribution >= 4 is 26.0 Å². The van der Waals surface area contributed by atoms with E-state index < -0.39 is 0 Å². The molecule has 183 valence electrons. The van der Waals surface area contributed by atoms with Gasteiger partial charge in [0, 0.05) is 38.2 Å². The number of hydrogen-bond acceptors (Lipinski definition) is 4. The lowest BCUT2D eigenvalue weighted by atomic mass is 9.88. The summed E-state index contributed by atoms with van der Waals surface area (Å²) >= 11 is 0. The number of benzene rings is 2. The van der Waals surface area contributed by atoms with Crippen LogP contribution in [0, 0.1) is 6.92 Å². The molecule has 0 unspecified atom stereocenters. The smallest absolute Gasteiger partial charge is 0.251 e. The Balaban J connectivity index is 0.00000304. The molecule has 6 nitrogen and oxygen atoms in total. The first-order valence-electron chi connectivity index (χ1n) is 12.4. The molecular weight excluding hydrogens is 449 g/mol. The van der Waals surface area contributed by atoms with E-state index in [0.29, 0.717) is 24.6 Å². The number of amides is 2. The predicted octanol–water partition coefficient (Wildman–Crippen LogP) is 5.10. The molecule has 0 fully saturated rings. The molecule has 36 heavy (non-hydrogen) atoms. The van der Waals surface area contributed by atoms with Crippen LogP contribution in [-0.4, -0.2) is 31.3 Å². The third kappa shape index (κ3) is 5.45. The molecular formula is C29H31BN3O3. The van der Waals surface area contributed by atoms with Gasteiger partial charge in [0.25, 0.3) is 5.91 Å². The van der Waals surface area contributed by atoms with Crippen molar-refractivity contribution in [2.75, 3.05) is 5.32 Å². The minimum absolute atomic E-state index is 0. The van der Waals surface area contributed by atoms with Gasteiger partial charge in [-0.15, -0.1) is 0 Å². The lowest BCUT2D eigenvalue weighted by molar-refractivity contribution is -0.116. The number of aryl methyl sites for hydroxylation is 2. The van der Waals surface area contributed by atoms with Crippen LogP contribution >= 0.6 is 0 Å². The number of fused-ring (bicyclic) bond motifs is 2. The van der Waals surface area contributed by atoms with Crippen LogP contribution < -0.4 is 15.4 Å². The summed E-state index contributed by atoms with van der Waals surface area (Å²) in [6.45, 7) is 6.33. The SMILES string of the molecule is Cc1cc(C(=O)N[C@@H]2CCc3ccc(Oc4ccnc5c4CCC(=O)N5)cc3C2)cc(C(C)C)c1.[B]. The molecule has 3 aromatic rings. The van der Waals surface area contributed by atoms with Crippen LogP contribution in [0.1, 0.15) is 70.8 Å². The van der Waals surface area contributed by atoms with Gasteiger partial charge in [-0.1, -0.05) is 31.5 Å². The molecule has 0 saturated carbocycles. The number of aromatic nitrogens is 1. The minimum Gasteiger partial charge on any atom is -0.457 e. The Morgan fingerprint density at radius 1 is 1.08 bits per heavy atom. The molecule has 2 heterocycles. The molecule has 5 rings (SSSR count). The second kappa shape index (κ2) is 10.6. The van der Waals surface area contributed by atoms with E-state index in [1.807, 2.05) is 31.2 Å². The molecule has 2 amide bonds. The maximum atomic E-state index is 13.0. The van der Waals surface area contributed by atoms with E-state index in [1.54, 1.807) is 6.20 Å². The van der Waals surface area contributed by atoms with E-state index in [0.717, 1.165) is 47.5 Å². The van der Waals surface area contributed by atoms with E-state index in [2.05, 4.69) is 47.7 Å². The number of nitrogens with one attached hydrogen (secondary N) is 2. The second-order valence-electron chi connectivity index (χ2n) is 9.92. The van der Waals surface area contributed by atoms with Gasteiger partial charge in [-0.25, -0.2) is 4.98 Å². The van der Waals surface area contributed by atoms with Crippen molar-refractivity contribution in [1.82, 2.24) is 10.3 Å². The highest BCUT2D eigenvalue weighted by Crippen LogP contribution is 2.34. The van der Waals surface area contributed by atoms with Crippen LogP contribution in [0.2, 0.25) is 0 Å². The first-order valence-corrected chi connectivity index (χ1v) is 12.4. The zero-order valence-corrected chi connectivity index (χ0v) is 21.1. The van der Waals surface area contributed by atoms with Gasteiger partial charge in [-0.05, 0) is 85.5 Å². The van der Waals surface area contributed by atoms with Crippen LogP contribution in [0.15, 0.2) is 48.7 Å². The van der Waals surface area contributed by atoms with Gasteiger partial charge in [0.05, 0.1) is 0 Å². The average Bonchev–Trinajstić information content (AvgIpc) is 2.83. The van der Waals surface area contributed by atoms with Crippen LogP contribution in [0.25, 0.3) is 0 Å². The first kappa shape index (κ1) is 25.5. The third-order valence-corrected chi connectivity index (χ3v) is 6.87. The normalized spacial score (nSPS) is 16.3. The summed E-state index contributed by atoms with van der Waals surface area (Å²) in [7, 11) is 0. The highest BCUT2D eigenvalue weighted by Gasteiger charge is 2.23. The Bertz CT molecular complexity index is 1300. The molecule has 2 aromatic carbocycles. The minimum atomic E-state index is -0.0184. The lowest BCUT2D eigenvalue weighted by Gasteiger charge is -2.26. The number of rotatable bonds is 5. The van der Waals surface area contributed by atoms with Crippen molar-refractivity contribution in [2.24, 2.45) is 0 Å². The van der Waals surface area contributed by atoms with E-state index >= 15 is 0 Å². The van der Waals surface area contributed by atoms with E-state index in [1.165, 1.54) is 16.7 Å². The molecule has 7 heteroatoms. The Morgan fingerprint density at radius 2 is 1.92 bits per heavy atom. The maximum Gasteiger partial charge on any atom is 0.251 e. The van der Waals surface area contributed by atoms with Gasteiger partial charge in [0.15, 0.2) is 0 Å². The summed E-state index contributed by atoms with van der Waals surface area (Å²) in [5.74, 6) is 2.40. The molecule has 1 atom stereocenters. The summed E-state index contributed by atoms with van der Waals surface area (Å²) < 4.78 is 6.23. The highest BCUT2D eigenvalue weighted by molar-refractivity contribution is 5.95.